The molecule has 2 aromatic rings. The summed E-state index contributed by atoms with van der Waals surface area (Å²) < 4.78 is 0. The molecule has 0 amide bonds. The lowest BCUT2D eigenvalue weighted by Crippen LogP contribution is -1.89. The second-order valence-electron chi connectivity index (χ2n) is 2.51. The maximum absolute atomic E-state index is 5.57. The normalized spacial score (nSPS) is 10.5. The molecular weight excluding hydrogens is 148 g/mol. The molecule has 0 aliphatic rings. The number of fused-ring (bicyclic) bond motifs is 1. The summed E-state index contributed by atoms with van der Waals surface area (Å²) in [5.74, 6) is 0. The van der Waals surface area contributed by atoms with E-state index in [-0.39, 0.29) is 0 Å². The van der Waals surface area contributed by atoms with Crippen LogP contribution in [0.1, 0.15) is 11.3 Å². The molecule has 0 unspecified atom stereocenters. The van der Waals surface area contributed by atoms with Crippen molar-refractivity contribution in [1.29, 1.82) is 0 Å². The van der Waals surface area contributed by atoms with Crippen LogP contribution in [0.4, 0.5) is 0 Å². The smallest absolute Gasteiger partial charge is 0.159 e. The van der Waals surface area contributed by atoms with Gasteiger partial charge in [-0.3, -0.25) is 0 Å². The first-order valence-electron chi connectivity index (χ1n) is 3.54. The third-order valence-corrected chi connectivity index (χ3v) is 1.65. The van der Waals surface area contributed by atoms with Gasteiger partial charge in [-0.1, -0.05) is 0 Å². The van der Waals surface area contributed by atoms with Crippen molar-refractivity contribution in [2.45, 2.75) is 0 Å². The van der Waals surface area contributed by atoms with Gasteiger partial charge >= 0.3 is 0 Å². The van der Waals surface area contributed by atoms with Gasteiger partial charge in [-0.15, -0.1) is 0 Å². The zero-order valence-electron chi connectivity index (χ0n) is 6.36. The molecule has 2 nitrogen and oxygen atoms in total. The maximum atomic E-state index is 5.57. The van der Waals surface area contributed by atoms with Gasteiger partial charge in [-0.2, -0.15) is 0 Å². The van der Waals surface area contributed by atoms with E-state index in [9.17, 15) is 0 Å². The number of hydrogen-bond acceptors (Lipinski definition) is 2. The summed E-state index contributed by atoms with van der Waals surface area (Å²) in [5, 5.41) is 0.907. The van der Waals surface area contributed by atoms with Gasteiger partial charge < -0.3 is 0 Å². The highest BCUT2D eigenvalue weighted by Crippen LogP contribution is 2.12. The Morgan fingerprint density at radius 3 is 2.92 bits per heavy atom. The molecule has 0 atom stereocenters. The van der Waals surface area contributed by atoms with Crippen LogP contribution in [0.3, 0.4) is 0 Å². The summed E-state index contributed by atoms with van der Waals surface area (Å²) in [5.41, 5.74) is 1.46. The first-order valence-corrected chi connectivity index (χ1v) is 3.54. The van der Waals surface area contributed by atoms with E-state index in [1.54, 1.807) is 12.3 Å². The fourth-order valence-corrected chi connectivity index (χ4v) is 1.04. The average molecular weight is 154 g/mol. The molecular formula is C10H6N2. The number of aromatic nitrogens is 2. The van der Waals surface area contributed by atoms with Crippen molar-refractivity contribution in [3.8, 4) is 0 Å². The predicted molar refractivity (Wildman–Crippen MR) is 46.3 cm³/mol. The lowest BCUT2D eigenvalue weighted by molar-refractivity contribution is 1.24. The molecule has 0 N–H and O–H groups in total. The van der Waals surface area contributed by atoms with E-state index in [1.807, 2.05) is 12.1 Å². The summed E-state index contributed by atoms with van der Waals surface area (Å²) in [6.45, 7) is 11.1. The van der Waals surface area contributed by atoms with E-state index in [4.69, 9.17) is 13.8 Å². The second-order valence-corrected chi connectivity index (χ2v) is 2.51. The molecule has 2 aromatic heterocycles. The van der Waals surface area contributed by atoms with E-state index in [0.717, 1.165) is 5.39 Å². The van der Waals surface area contributed by atoms with Crippen molar-refractivity contribution in [1.82, 2.24) is 9.97 Å². The standard InChI is InChI=1S/C10H6N2/c1-7-6-9-4-3-5-11-10(9)12-8(7)2/h1-6H. The topological polar surface area (TPSA) is 25.8 Å². The highest BCUT2D eigenvalue weighted by Gasteiger charge is 1.98. The van der Waals surface area contributed by atoms with Crippen molar-refractivity contribution in [3.63, 3.8) is 0 Å². The van der Waals surface area contributed by atoms with Crippen LogP contribution >= 0.6 is 0 Å². The van der Waals surface area contributed by atoms with Crippen molar-refractivity contribution < 1.29 is 0 Å². The van der Waals surface area contributed by atoms with Gasteiger partial charge in [0, 0.05) is 25.4 Å². The fourth-order valence-electron chi connectivity index (χ4n) is 1.04. The molecule has 2 rings (SSSR count). The zero-order valence-corrected chi connectivity index (χ0v) is 6.36. The lowest BCUT2D eigenvalue weighted by Gasteiger charge is -1.99. The third kappa shape index (κ3) is 1.05. The Kier molecular flexibility index (Phi) is 1.54. The van der Waals surface area contributed by atoms with Crippen LogP contribution in [-0.4, -0.2) is 9.97 Å². The fraction of sp³-hybridized carbons (Fsp3) is 0. The first kappa shape index (κ1) is 7.22. The number of pyridine rings is 2. The van der Waals surface area contributed by atoms with Crippen molar-refractivity contribution in [3.05, 3.63) is 49.5 Å². The van der Waals surface area contributed by atoms with Gasteiger partial charge in [0.25, 0.3) is 0 Å². The van der Waals surface area contributed by atoms with Gasteiger partial charge in [-0.05, 0) is 23.8 Å². The molecule has 2 heteroatoms. The molecule has 2 heterocycles. The van der Waals surface area contributed by atoms with Crippen molar-refractivity contribution in [2.24, 2.45) is 0 Å². The highest BCUT2D eigenvalue weighted by molar-refractivity contribution is 5.75. The van der Waals surface area contributed by atoms with Crippen molar-refractivity contribution in [2.75, 3.05) is 0 Å². The molecule has 0 aromatic carbocycles. The lowest BCUT2D eigenvalue weighted by atomic mass is 10.2. The van der Waals surface area contributed by atoms with Crippen LogP contribution in [0.5, 0.6) is 0 Å². The van der Waals surface area contributed by atoms with Gasteiger partial charge in [0.2, 0.25) is 0 Å². The molecule has 0 fully saturated rings. The van der Waals surface area contributed by atoms with E-state index < -0.39 is 0 Å². The predicted octanol–water partition coefficient (Wildman–Crippen LogP) is 1.75. The SMILES string of the molecule is [CH]c1cc2cccnc2nc1[CH]. The van der Waals surface area contributed by atoms with Gasteiger partial charge in [0.05, 0.1) is 5.69 Å². The molecule has 0 spiro atoms. The van der Waals surface area contributed by atoms with Gasteiger partial charge in [0.1, 0.15) is 0 Å². The van der Waals surface area contributed by atoms with Gasteiger partial charge in [-0.25, -0.2) is 9.97 Å². The molecule has 4 radical (unpaired) electrons. The molecule has 56 valence electrons. The maximum Gasteiger partial charge on any atom is 0.159 e. The Morgan fingerprint density at radius 2 is 2.08 bits per heavy atom. The van der Waals surface area contributed by atoms with Crippen LogP contribution in [-0.2, 0) is 0 Å². The van der Waals surface area contributed by atoms with Crippen LogP contribution < -0.4 is 0 Å². The molecule has 0 aliphatic heterocycles. The van der Waals surface area contributed by atoms with Gasteiger partial charge in [0.15, 0.2) is 5.65 Å². The minimum atomic E-state index is 0.334. The molecule has 0 bridgehead atoms. The van der Waals surface area contributed by atoms with Crippen LogP contribution in [0, 0.1) is 13.8 Å². The van der Waals surface area contributed by atoms with E-state index in [2.05, 4.69) is 9.97 Å². The Morgan fingerprint density at radius 1 is 1.25 bits per heavy atom. The second kappa shape index (κ2) is 2.55. The highest BCUT2D eigenvalue weighted by atomic mass is 14.8. The van der Waals surface area contributed by atoms with Crippen LogP contribution in [0.15, 0.2) is 24.4 Å². The third-order valence-electron chi connectivity index (χ3n) is 1.65. The summed E-state index contributed by atoms with van der Waals surface area (Å²) in [7, 11) is 0. The minimum Gasteiger partial charge on any atom is -0.237 e. The van der Waals surface area contributed by atoms with E-state index >= 15 is 0 Å². The van der Waals surface area contributed by atoms with E-state index in [1.165, 1.54) is 0 Å². The van der Waals surface area contributed by atoms with Crippen molar-refractivity contribution >= 4 is 11.0 Å². The number of hydrogen-bond donors (Lipinski definition) is 0. The largest absolute Gasteiger partial charge is 0.237 e. The molecule has 12 heavy (non-hydrogen) atoms. The van der Waals surface area contributed by atoms with E-state index in [0.29, 0.717) is 16.9 Å². The summed E-state index contributed by atoms with van der Waals surface area (Å²) in [6.07, 6.45) is 1.67. The molecule has 0 saturated heterocycles. The molecule has 0 saturated carbocycles. The first-order chi connectivity index (χ1) is 5.77. The van der Waals surface area contributed by atoms with Crippen LogP contribution in [0.25, 0.3) is 11.0 Å². The number of rotatable bonds is 0. The Labute approximate surface area is 71.3 Å². The Bertz CT molecular complexity index is 381. The zero-order chi connectivity index (χ0) is 8.55. The summed E-state index contributed by atoms with van der Waals surface area (Å²) in [6, 6.07) is 5.50. The quantitative estimate of drug-likeness (QED) is 0.577. The average Bonchev–Trinajstić information content (AvgIpc) is 2.07. The Balaban J connectivity index is 2.84. The molecule has 0 aliphatic carbocycles. The summed E-state index contributed by atoms with van der Waals surface area (Å²) >= 11 is 0. The number of nitrogens with zero attached hydrogens (tertiary/aromatic N) is 2. The van der Waals surface area contributed by atoms with Crippen LogP contribution in [0.2, 0.25) is 0 Å². The minimum absolute atomic E-state index is 0.334. The Hall–Kier alpha value is -1.44. The monoisotopic (exact) mass is 154 g/mol. The summed E-state index contributed by atoms with van der Waals surface area (Å²) in [4.78, 5) is 8.05.